The van der Waals surface area contributed by atoms with Crippen LogP contribution in [0, 0.1) is 5.82 Å². The molecule has 1 aromatic carbocycles. The van der Waals surface area contributed by atoms with E-state index < -0.39 is 15.8 Å². The van der Waals surface area contributed by atoms with Crippen LogP contribution < -0.4 is 5.73 Å². The fraction of sp³-hybridized carbons (Fsp3) is 0.500. The first-order valence-corrected chi connectivity index (χ1v) is 7.95. The number of nitrogens with two attached hydrogens (primary N) is 1. The lowest BCUT2D eigenvalue weighted by molar-refractivity contribution is 0.257. The predicted molar refractivity (Wildman–Crippen MR) is 72.0 cm³/mol. The Morgan fingerprint density at radius 1 is 1.42 bits per heavy atom. The van der Waals surface area contributed by atoms with Crippen LogP contribution in [0.15, 0.2) is 23.1 Å². The smallest absolute Gasteiger partial charge is 0.243 e. The van der Waals surface area contributed by atoms with Crippen LogP contribution in [0.25, 0.3) is 0 Å². The molecule has 1 fully saturated rings. The summed E-state index contributed by atoms with van der Waals surface area (Å²) in [5.41, 5.74) is 5.63. The van der Waals surface area contributed by atoms with Crippen LogP contribution in [0.1, 0.15) is 19.3 Å². The van der Waals surface area contributed by atoms with Crippen molar-refractivity contribution in [2.45, 2.75) is 30.2 Å². The Bertz CT molecular complexity index is 565. The number of nitrogens with zero attached hydrogens (tertiary/aromatic N) is 1. The Hall–Kier alpha value is -0.690. The molecule has 1 aliphatic heterocycles. The Labute approximate surface area is 117 Å². The molecule has 0 aromatic heterocycles. The summed E-state index contributed by atoms with van der Waals surface area (Å²) in [7, 11) is -3.66. The van der Waals surface area contributed by atoms with E-state index in [0.29, 0.717) is 6.54 Å². The highest BCUT2D eigenvalue weighted by Crippen LogP contribution is 2.27. The topological polar surface area (TPSA) is 63.4 Å². The van der Waals surface area contributed by atoms with E-state index in [1.54, 1.807) is 0 Å². The number of benzene rings is 1. The van der Waals surface area contributed by atoms with Gasteiger partial charge in [-0.3, -0.25) is 0 Å². The number of piperidine rings is 1. The van der Waals surface area contributed by atoms with E-state index in [0.717, 1.165) is 31.4 Å². The number of rotatable bonds is 3. The minimum Gasteiger partial charge on any atom is -0.329 e. The lowest BCUT2D eigenvalue weighted by Gasteiger charge is -2.33. The fourth-order valence-corrected chi connectivity index (χ4v) is 4.27. The summed E-state index contributed by atoms with van der Waals surface area (Å²) in [4.78, 5) is 0.0132. The molecule has 0 aliphatic carbocycles. The molecule has 19 heavy (non-hydrogen) atoms. The van der Waals surface area contributed by atoms with Gasteiger partial charge in [-0.25, -0.2) is 12.8 Å². The van der Waals surface area contributed by atoms with Gasteiger partial charge in [-0.05, 0) is 31.0 Å². The van der Waals surface area contributed by atoms with Gasteiger partial charge in [0.25, 0.3) is 0 Å². The Kier molecular flexibility index (Phi) is 4.45. The SMILES string of the molecule is NC[C@@H]1CCCCN1S(=O)(=O)c1ccc(F)c(Cl)c1. The Morgan fingerprint density at radius 2 is 2.16 bits per heavy atom. The van der Waals surface area contributed by atoms with Crippen molar-refractivity contribution in [3.05, 3.63) is 29.0 Å². The van der Waals surface area contributed by atoms with E-state index in [9.17, 15) is 12.8 Å². The molecule has 0 amide bonds. The summed E-state index contributed by atoms with van der Waals surface area (Å²) in [6, 6.07) is 3.26. The van der Waals surface area contributed by atoms with Crippen molar-refractivity contribution in [2.24, 2.45) is 5.73 Å². The van der Waals surface area contributed by atoms with Gasteiger partial charge < -0.3 is 5.73 Å². The molecule has 1 heterocycles. The van der Waals surface area contributed by atoms with Crippen LogP contribution in [0.3, 0.4) is 0 Å². The molecule has 106 valence electrons. The average molecular weight is 307 g/mol. The number of sulfonamides is 1. The summed E-state index contributed by atoms with van der Waals surface area (Å²) < 4.78 is 39.5. The van der Waals surface area contributed by atoms with E-state index in [1.165, 1.54) is 10.4 Å². The second kappa shape index (κ2) is 5.75. The highest BCUT2D eigenvalue weighted by molar-refractivity contribution is 7.89. The van der Waals surface area contributed by atoms with Crippen LogP contribution in [0.5, 0.6) is 0 Å². The van der Waals surface area contributed by atoms with Crippen LogP contribution >= 0.6 is 11.6 Å². The molecule has 0 unspecified atom stereocenters. The molecule has 0 spiro atoms. The molecule has 0 radical (unpaired) electrons. The molecule has 1 saturated heterocycles. The Morgan fingerprint density at radius 3 is 2.79 bits per heavy atom. The third-order valence-electron chi connectivity index (χ3n) is 3.34. The summed E-state index contributed by atoms with van der Waals surface area (Å²) in [6.45, 7) is 0.730. The van der Waals surface area contributed by atoms with E-state index >= 15 is 0 Å². The maximum atomic E-state index is 13.1. The van der Waals surface area contributed by atoms with Crippen molar-refractivity contribution in [1.82, 2.24) is 4.31 Å². The normalized spacial score (nSPS) is 21.5. The van der Waals surface area contributed by atoms with Crippen LogP contribution in [0.2, 0.25) is 5.02 Å². The van der Waals surface area contributed by atoms with Gasteiger partial charge >= 0.3 is 0 Å². The fourth-order valence-electron chi connectivity index (χ4n) is 2.30. The van der Waals surface area contributed by atoms with Crippen molar-refractivity contribution in [2.75, 3.05) is 13.1 Å². The lowest BCUT2D eigenvalue weighted by atomic mass is 10.1. The van der Waals surface area contributed by atoms with Gasteiger partial charge in [-0.1, -0.05) is 18.0 Å². The van der Waals surface area contributed by atoms with Crippen LogP contribution in [-0.2, 0) is 10.0 Å². The van der Waals surface area contributed by atoms with Crippen LogP contribution in [0.4, 0.5) is 4.39 Å². The zero-order chi connectivity index (χ0) is 14.0. The van der Waals surface area contributed by atoms with Crippen molar-refractivity contribution in [3.63, 3.8) is 0 Å². The zero-order valence-electron chi connectivity index (χ0n) is 10.4. The molecule has 4 nitrogen and oxygen atoms in total. The van der Waals surface area contributed by atoms with E-state index in [1.807, 2.05) is 0 Å². The summed E-state index contributed by atoms with van der Waals surface area (Å²) in [5.74, 6) is -0.630. The van der Waals surface area contributed by atoms with Crippen molar-refractivity contribution in [1.29, 1.82) is 0 Å². The minimum absolute atomic E-state index is 0.0132. The van der Waals surface area contributed by atoms with E-state index in [2.05, 4.69) is 0 Å². The Balaban J connectivity index is 2.37. The molecule has 0 saturated carbocycles. The molecule has 2 N–H and O–H groups in total. The molecule has 7 heteroatoms. The lowest BCUT2D eigenvalue weighted by Crippen LogP contribution is -2.47. The molecule has 1 atom stereocenters. The van der Waals surface area contributed by atoms with Gasteiger partial charge in [0.1, 0.15) is 5.82 Å². The first-order valence-electron chi connectivity index (χ1n) is 6.14. The van der Waals surface area contributed by atoms with Crippen molar-refractivity contribution in [3.8, 4) is 0 Å². The average Bonchev–Trinajstić information content (AvgIpc) is 2.41. The van der Waals surface area contributed by atoms with E-state index in [4.69, 9.17) is 17.3 Å². The predicted octanol–water partition coefficient (Wildman–Crippen LogP) is 1.98. The molecular formula is C12H16ClFN2O2S. The third-order valence-corrected chi connectivity index (χ3v) is 5.58. The molecule has 2 rings (SSSR count). The number of halogens is 2. The zero-order valence-corrected chi connectivity index (χ0v) is 11.9. The molecule has 1 aliphatic rings. The van der Waals surface area contributed by atoms with Gasteiger partial charge in [0.2, 0.25) is 10.0 Å². The van der Waals surface area contributed by atoms with Crippen molar-refractivity contribution < 1.29 is 12.8 Å². The van der Waals surface area contributed by atoms with Crippen LogP contribution in [-0.4, -0.2) is 31.9 Å². The second-order valence-electron chi connectivity index (χ2n) is 4.58. The second-order valence-corrected chi connectivity index (χ2v) is 6.87. The largest absolute Gasteiger partial charge is 0.329 e. The van der Waals surface area contributed by atoms with Gasteiger partial charge in [0.05, 0.1) is 9.92 Å². The first-order chi connectivity index (χ1) is 8.96. The number of hydrogen-bond acceptors (Lipinski definition) is 3. The van der Waals surface area contributed by atoms with E-state index in [-0.39, 0.29) is 22.5 Å². The monoisotopic (exact) mass is 306 g/mol. The highest BCUT2D eigenvalue weighted by Gasteiger charge is 2.32. The maximum absolute atomic E-state index is 13.1. The maximum Gasteiger partial charge on any atom is 0.243 e. The molecular weight excluding hydrogens is 291 g/mol. The van der Waals surface area contributed by atoms with Crippen molar-refractivity contribution >= 4 is 21.6 Å². The highest BCUT2D eigenvalue weighted by atomic mass is 35.5. The van der Waals surface area contributed by atoms with Gasteiger partial charge in [0, 0.05) is 19.1 Å². The van der Waals surface area contributed by atoms with Gasteiger partial charge in [-0.2, -0.15) is 4.31 Å². The van der Waals surface area contributed by atoms with Gasteiger partial charge in [0.15, 0.2) is 0 Å². The quantitative estimate of drug-likeness (QED) is 0.929. The first kappa shape index (κ1) is 14.7. The minimum atomic E-state index is -3.66. The third kappa shape index (κ3) is 2.91. The van der Waals surface area contributed by atoms with Gasteiger partial charge in [-0.15, -0.1) is 0 Å². The molecule has 0 bridgehead atoms. The summed E-state index contributed by atoms with van der Waals surface area (Å²) in [5, 5.41) is -0.192. The number of hydrogen-bond donors (Lipinski definition) is 1. The standard InChI is InChI=1S/C12H16ClFN2O2S/c13-11-7-10(4-5-12(11)14)19(17,18)16-6-2-1-3-9(16)8-15/h4-5,7,9H,1-3,6,8,15H2/t9-/m0/s1. The summed E-state index contributed by atoms with van der Waals surface area (Å²) in [6.07, 6.45) is 2.54. The summed E-state index contributed by atoms with van der Waals surface area (Å²) >= 11 is 5.65. The molecule has 1 aromatic rings.